The lowest BCUT2D eigenvalue weighted by Gasteiger charge is -2.39. The van der Waals surface area contributed by atoms with Crippen molar-refractivity contribution in [2.24, 2.45) is 0 Å². The van der Waals surface area contributed by atoms with Gasteiger partial charge in [0.05, 0.1) is 12.2 Å². The largest absolute Gasteiger partial charge is 0.417 e. The number of unbranched alkanes of at least 4 members (excludes halogenated alkanes) is 4. The molecule has 5 heteroatoms. The van der Waals surface area contributed by atoms with Crippen molar-refractivity contribution in [3.05, 3.63) is 11.6 Å². The first kappa shape index (κ1) is 27.1. The Balaban J connectivity index is 2.29. The van der Waals surface area contributed by atoms with Gasteiger partial charge in [0.2, 0.25) is 0 Å². The van der Waals surface area contributed by atoms with E-state index in [1.807, 2.05) is 0 Å². The highest BCUT2D eigenvalue weighted by molar-refractivity contribution is 6.74. The number of hydrogen-bond donors (Lipinski definition) is 1. The second-order valence-electron chi connectivity index (χ2n) is 12.0. The Bertz CT molecular complexity index is 527. The molecule has 1 rings (SSSR count). The molecule has 1 N–H and O–H groups in total. The van der Waals surface area contributed by atoms with Crippen molar-refractivity contribution in [3.8, 4) is 0 Å². The Kier molecular flexibility index (Phi) is 9.88. The molecule has 0 radical (unpaired) electrons. The van der Waals surface area contributed by atoms with Crippen LogP contribution in [0.1, 0.15) is 86.5 Å². The molecule has 0 bridgehead atoms. The summed E-state index contributed by atoms with van der Waals surface area (Å²) in [5.74, 6) is 0. The van der Waals surface area contributed by atoms with Gasteiger partial charge in [-0.15, -0.1) is 0 Å². The molecule has 0 aromatic heterocycles. The van der Waals surface area contributed by atoms with E-state index in [-0.39, 0.29) is 17.2 Å². The predicted molar refractivity (Wildman–Crippen MR) is 132 cm³/mol. The SMILES string of the molecule is CC(C)(C)[Si](C)(C)OCCCCCCCC1=CC(O)CC1O[Si](C)(C)C(C)(C)C. The van der Waals surface area contributed by atoms with Crippen LogP contribution in [0.15, 0.2) is 11.6 Å². The molecule has 0 heterocycles. The fraction of sp³-hybridized carbons (Fsp3) is 0.917. The van der Waals surface area contributed by atoms with Crippen molar-refractivity contribution < 1.29 is 14.0 Å². The van der Waals surface area contributed by atoms with Gasteiger partial charge >= 0.3 is 0 Å². The van der Waals surface area contributed by atoms with Crippen LogP contribution in [0, 0.1) is 0 Å². The van der Waals surface area contributed by atoms with E-state index in [1.165, 1.54) is 37.7 Å². The monoisotopic (exact) mass is 442 g/mol. The number of aliphatic hydroxyl groups is 1. The minimum atomic E-state index is -1.80. The smallest absolute Gasteiger partial charge is 0.192 e. The van der Waals surface area contributed by atoms with Crippen molar-refractivity contribution in [2.75, 3.05) is 6.61 Å². The van der Waals surface area contributed by atoms with E-state index in [4.69, 9.17) is 8.85 Å². The van der Waals surface area contributed by atoms with Gasteiger partial charge in [-0.2, -0.15) is 0 Å². The van der Waals surface area contributed by atoms with Gasteiger partial charge < -0.3 is 14.0 Å². The quantitative estimate of drug-likeness (QED) is 0.205. The second kappa shape index (κ2) is 10.6. The Labute approximate surface area is 183 Å². The Hall–Kier alpha value is 0.0538. The molecule has 0 fully saturated rings. The maximum Gasteiger partial charge on any atom is 0.192 e. The van der Waals surface area contributed by atoms with E-state index in [1.54, 1.807) is 0 Å². The molecule has 0 aliphatic heterocycles. The summed E-state index contributed by atoms with van der Waals surface area (Å²) in [5, 5.41) is 10.6. The third kappa shape index (κ3) is 8.60. The van der Waals surface area contributed by atoms with E-state index in [0.717, 1.165) is 19.4 Å². The summed E-state index contributed by atoms with van der Waals surface area (Å²) in [6.07, 6.45) is 9.81. The third-order valence-corrected chi connectivity index (χ3v) is 16.4. The zero-order valence-electron chi connectivity index (χ0n) is 21.2. The summed E-state index contributed by atoms with van der Waals surface area (Å²) in [6, 6.07) is 0. The second-order valence-corrected chi connectivity index (χ2v) is 21.6. The molecule has 0 amide bonds. The summed E-state index contributed by atoms with van der Waals surface area (Å²) in [4.78, 5) is 0. The maximum absolute atomic E-state index is 10.1. The molecule has 0 aromatic rings. The van der Waals surface area contributed by atoms with Gasteiger partial charge in [0.1, 0.15) is 0 Å². The summed E-state index contributed by atoms with van der Waals surface area (Å²) in [5.41, 5.74) is 1.34. The predicted octanol–water partition coefficient (Wildman–Crippen LogP) is 7.43. The average Bonchev–Trinajstić information content (AvgIpc) is 2.86. The van der Waals surface area contributed by atoms with Gasteiger partial charge in [-0.25, -0.2) is 0 Å². The lowest BCUT2D eigenvalue weighted by Crippen LogP contribution is -2.44. The van der Waals surface area contributed by atoms with Gasteiger partial charge in [-0.05, 0) is 61.1 Å². The Morgan fingerprint density at radius 3 is 1.93 bits per heavy atom. The van der Waals surface area contributed by atoms with Gasteiger partial charge in [0, 0.05) is 13.0 Å². The number of rotatable bonds is 11. The molecule has 29 heavy (non-hydrogen) atoms. The van der Waals surface area contributed by atoms with E-state index in [2.05, 4.69) is 73.8 Å². The van der Waals surface area contributed by atoms with Crippen LogP contribution in [0.4, 0.5) is 0 Å². The van der Waals surface area contributed by atoms with Gasteiger partial charge in [-0.1, -0.05) is 66.9 Å². The number of aliphatic hydroxyl groups excluding tert-OH is 1. The fourth-order valence-corrected chi connectivity index (χ4v) is 5.60. The van der Waals surface area contributed by atoms with Gasteiger partial charge in [0.25, 0.3) is 0 Å². The van der Waals surface area contributed by atoms with Crippen LogP contribution in [0.25, 0.3) is 0 Å². The first-order valence-corrected chi connectivity index (χ1v) is 17.6. The summed E-state index contributed by atoms with van der Waals surface area (Å²) >= 11 is 0. The lowest BCUT2D eigenvalue weighted by atomic mass is 10.0. The zero-order chi connectivity index (χ0) is 22.5. The minimum Gasteiger partial charge on any atom is -0.417 e. The highest BCUT2D eigenvalue weighted by atomic mass is 28.4. The molecule has 1 aliphatic carbocycles. The van der Waals surface area contributed by atoms with Crippen LogP contribution in [-0.2, 0) is 8.85 Å². The molecular formula is C24H50O3Si2. The van der Waals surface area contributed by atoms with Crippen LogP contribution >= 0.6 is 0 Å². The minimum absolute atomic E-state index is 0.129. The average molecular weight is 443 g/mol. The van der Waals surface area contributed by atoms with Gasteiger partial charge in [-0.3, -0.25) is 0 Å². The molecular weight excluding hydrogens is 392 g/mol. The Morgan fingerprint density at radius 1 is 0.862 bits per heavy atom. The topological polar surface area (TPSA) is 38.7 Å². The van der Waals surface area contributed by atoms with Crippen LogP contribution in [0.5, 0.6) is 0 Å². The van der Waals surface area contributed by atoms with Crippen LogP contribution < -0.4 is 0 Å². The van der Waals surface area contributed by atoms with Crippen molar-refractivity contribution in [1.82, 2.24) is 0 Å². The van der Waals surface area contributed by atoms with Crippen molar-refractivity contribution in [3.63, 3.8) is 0 Å². The standard InChI is InChI=1S/C24H50O3Si2/c1-23(2,3)28(7,8)26-17-15-13-11-12-14-16-20-18-21(25)19-22(20)27-29(9,10)24(4,5)6/h18,21-22,25H,11-17,19H2,1-10H3. The zero-order valence-corrected chi connectivity index (χ0v) is 23.2. The highest BCUT2D eigenvalue weighted by Crippen LogP contribution is 2.40. The van der Waals surface area contributed by atoms with E-state index in [9.17, 15) is 5.11 Å². The van der Waals surface area contributed by atoms with Crippen molar-refractivity contribution >= 4 is 16.6 Å². The van der Waals surface area contributed by atoms with E-state index < -0.39 is 16.6 Å². The summed E-state index contributed by atoms with van der Waals surface area (Å²) in [6.45, 7) is 23.9. The van der Waals surface area contributed by atoms with Crippen molar-refractivity contribution in [2.45, 2.75) is 135 Å². The molecule has 2 atom stereocenters. The van der Waals surface area contributed by atoms with Crippen LogP contribution in [0.2, 0.25) is 36.3 Å². The maximum atomic E-state index is 10.1. The summed E-state index contributed by atoms with van der Waals surface area (Å²) in [7, 11) is -3.39. The summed E-state index contributed by atoms with van der Waals surface area (Å²) < 4.78 is 12.9. The molecule has 172 valence electrons. The van der Waals surface area contributed by atoms with Crippen LogP contribution in [0.3, 0.4) is 0 Å². The number of hydrogen-bond acceptors (Lipinski definition) is 3. The van der Waals surface area contributed by atoms with Crippen LogP contribution in [-0.4, -0.2) is 40.6 Å². The molecule has 0 saturated heterocycles. The van der Waals surface area contributed by atoms with E-state index in [0.29, 0.717) is 5.04 Å². The molecule has 0 spiro atoms. The fourth-order valence-electron chi connectivity index (χ4n) is 3.20. The third-order valence-electron chi connectivity index (χ3n) is 7.40. The molecule has 0 saturated carbocycles. The Morgan fingerprint density at radius 2 is 1.38 bits per heavy atom. The molecule has 1 aliphatic rings. The molecule has 3 nitrogen and oxygen atoms in total. The first-order chi connectivity index (χ1) is 13.1. The lowest BCUT2D eigenvalue weighted by molar-refractivity contribution is 0.150. The molecule has 2 unspecified atom stereocenters. The normalized spacial score (nSPS) is 21.6. The first-order valence-electron chi connectivity index (χ1n) is 11.8. The van der Waals surface area contributed by atoms with Crippen molar-refractivity contribution in [1.29, 1.82) is 0 Å². The van der Waals surface area contributed by atoms with Gasteiger partial charge in [0.15, 0.2) is 16.6 Å². The highest BCUT2D eigenvalue weighted by Gasteiger charge is 2.41. The molecule has 0 aromatic carbocycles. The van der Waals surface area contributed by atoms with E-state index >= 15 is 0 Å².